The molecule has 0 aliphatic carbocycles. The van der Waals surface area contributed by atoms with Crippen molar-refractivity contribution in [2.45, 2.75) is 38.5 Å². The zero-order valence-corrected chi connectivity index (χ0v) is 25.5. The van der Waals surface area contributed by atoms with Gasteiger partial charge in [0, 0.05) is 91.7 Å². The molecule has 11 heteroatoms. The van der Waals surface area contributed by atoms with Gasteiger partial charge in [0.25, 0.3) is 0 Å². The van der Waals surface area contributed by atoms with E-state index in [1.165, 1.54) is 38.5 Å². The minimum absolute atomic E-state index is 0.821. The standard InChI is InChI=1S/C16H16BrN5.C16H17N5/c17-14-10-20-22-11-13(9-19-16(14)22)12-4-5-15(18-8-12)21-6-2-1-3-7-21;1-2-8-20(9-3-1)15-5-4-13(10-17-15)14-11-18-16-6-7-19-21(16)12-14/h4-5,8-11H,1-3,6-7H2;4-7,10-12H,1-3,8-9H2. The van der Waals surface area contributed by atoms with Gasteiger partial charge in [-0.1, -0.05) is 0 Å². The molecular formula is C32H33BrN10. The predicted molar refractivity (Wildman–Crippen MR) is 172 cm³/mol. The molecule has 0 N–H and O–H groups in total. The van der Waals surface area contributed by atoms with Crippen LogP contribution in [0.4, 0.5) is 11.6 Å². The van der Waals surface area contributed by atoms with Gasteiger partial charge in [0.2, 0.25) is 0 Å². The van der Waals surface area contributed by atoms with Crippen LogP contribution in [0.2, 0.25) is 0 Å². The summed E-state index contributed by atoms with van der Waals surface area (Å²) in [5.74, 6) is 2.14. The lowest BCUT2D eigenvalue weighted by Crippen LogP contribution is -2.29. The number of piperidine rings is 2. The number of halogens is 1. The van der Waals surface area contributed by atoms with Crippen molar-refractivity contribution in [3.63, 3.8) is 0 Å². The summed E-state index contributed by atoms with van der Waals surface area (Å²) in [6.07, 6.45) is 22.8. The Kier molecular flexibility index (Phi) is 7.96. The SMILES string of the molecule is Brc1cnn2cc(-c3ccc(N4CCCCC4)nc3)cnc12.c1cc2ncc(-c3ccc(N4CCCCC4)nc3)cn2n1. The molecule has 6 aromatic heterocycles. The van der Waals surface area contributed by atoms with E-state index in [2.05, 4.69) is 80.1 Å². The average Bonchev–Trinajstić information content (AvgIpc) is 3.72. The molecule has 0 radical (unpaired) electrons. The fourth-order valence-electron chi connectivity index (χ4n) is 5.69. The van der Waals surface area contributed by atoms with E-state index in [9.17, 15) is 0 Å². The van der Waals surface area contributed by atoms with Crippen LogP contribution in [0.3, 0.4) is 0 Å². The maximum Gasteiger partial charge on any atom is 0.169 e. The van der Waals surface area contributed by atoms with E-state index in [-0.39, 0.29) is 0 Å². The Morgan fingerprint density at radius 2 is 1.07 bits per heavy atom. The van der Waals surface area contributed by atoms with Crippen LogP contribution in [0.15, 0.2) is 84.4 Å². The average molecular weight is 638 g/mol. The first kappa shape index (κ1) is 27.5. The summed E-state index contributed by atoms with van der Waals surface area (Å²) in [5.41, 5.74) is 5.85. The van der Waals surface area contributed by atoms with Gasteiger partial charge in [-0.25, -0.2) is 29.0 Å². The zero-order chi connectivity index (χ0) is 29.0. The van der Waals surface area contributed by atoms with Gasteiger partial charge in [-0.15, -0.1) is 0 Å². The second-order valence-corrected chi connectivity index (χ2v) is 11.8. The van der Waals surface area contributed by atoms with Crippen LogP contribution < -0.4 is 9.80 Å². The minimum atomic E-state index is 0.821. The number of fused-ring (bicyclic) bond motifs is 2. The van der Waals surface area contributed by atoms with Crippen LogP contribution >= 0.6 is 15.9 Å². The van der Waals surface area contributed by atoms with E-state index in [4.69, 9.17) is 0 Å². The summed E-state index contributed by atoms with van der Waals surface area (Å²) in [5, 5.41) is 8.50. The van der Waals surface area contributed by atoms with Crippen LogP contribution in [0.5, 0.6) is 0 Å². The number of aromatic nitrogens is 8. The summed E-state index contributed by atoms with van der Waals surface area (Å²) < 4.78 is 4.46. The third-order valence-electron chi connectivity index (χ3n) is 8.08. The Morgan fingerprint density at radius 1 is 0.512 bits per heavy atom. The molecule has 2 aliphatic rings. The molecule has 0 spiro atoms. The Hall–Kier alpha value is -4.38. The fraction of sp³-hybridized carbons (Fsp3) is 0.312. The van der Waals surface area contributed by atoms with Crippen LogP contribution in [0.25, 0.3) is 33.5 Å². The third kappa shape index (κ3) is 6.08. The van der Waals surface area contributed by atoms with Crippen LogP contribution in [-0.2, 0) is 0 Å². The molecule has 0 amide bonds. The highest BCUT2D eigenvalue weighted by Gasteiger charge is 2.13. The monoisotopic (exact) mass is 636 g/mol. The number of nitrogens with zero attached hydrogens (tertiary/aromatic N) is 10. The normalized spacial score (nSPS) is 15.5. The van der Waals surface area contributed by atoms with Gasteiger partial charge in [-0.2, -0.15) is 10.2 Å². The number of hydrogen-bond donors (Lipinski definition) is 0. The molecule has 43 heavy (non-hydrogen) atoms. The smallest absolute Gasteiger partial charge is 0.169 e. The molecule has 218 valence electrons. The van der Waals surface area contributed by atoms with Gasteiger partial charge in [0.1, 0.15) is 11.6 Å². The first-order chi connectivity index (χ1) is 21.2. The lowest BCUT2D eigenvalue weighted by atomic mass is 10.1. The number of anilines is 2. The lowest BCUT2D eigenvalue weighted by Gasteiger charge is -2.27. The van der Waals surface area contributed by atoms with Crippen molar-refractivity contribution in [3.8, 4) is 22.3 Å². The van der Waals surface area contributed by atoms with Gasteiger partial charge in [0.05, 0.1) is 16.9 Å². The summed E-state index contributed by atoms with van der Waals surface area (Å²) >= 11 is 3.44. The minimum Gasteiger partial charge on any atom is -0.357 e. The van der Waals surface area contributed by atoms with E-state index in [1.54, 1.807) is 21.4 Å². The molecule has 0 saturated carbocycles. The molecule has 2 fully saturated rings. The Labute approximate surface area is 258 Å². The molecule has 0 unspecified atom stereocenters. The number of pyridine rings is 2. The molecule has 0 atom stereocenters. The van der Waals surface area contributed by atoms with Crippen molar-refractivity contribution in [1.29, 1.82) is 0 Å². The fourth-order valence-corrected chi connectivity index (χ4v) is 6.06. The number of rotatable bonds is 4. The third-order valence-corrected chi connectivity index (χ3v) is 8.64. The van der Waals surface area contributed by atoms with E-state index >= 15 is 0 Å². The highest BCUT2D eigenvalue weighted by molar-refractivity contribution is 9.10. The van der Waals surface area contributed by atoms with Crippen LogP contribution in [-0.4, -0.2) is 65.3 Å². The zero-order valence-electron chi connectivity index (χ0n) is 23.9. The second-order valence-electron chi connectivity index (χ2n) is 11.0. The molecular weight excluding hydrogens is 604 g/mol. The second kappa shape index (κ2) is 12.5. The maximum absolute atomic E-state index is 4.62. The van der Waals surface area contributed by atoms with Gasteiger partial charge in [0.15, 0.2) is 11.3 Å². The lowest BCUT2D eigenvalue weighted by molar-refractivity contribution is 0.573. The highest BCUT2D eigenvalue weighted by atomic mass is 79.9. The van der Waals surface area contributed by atoms with Crippen molar-refractivity contribution >= 4 is 38.9 Å². The summed E-state index contributed by atoms with van der Waals surface area (Å²) in [7, 11) is 0. The molecule has 8 rings (SSSR count). The van der Waals surface area contributed by atoms with E-state index in [0.717, 1.165) is 75.8 Å². The molecule has 0 aromatic carbocycles. The summed E-state index contributed by atoms with van der Waals surface area (Å²) in [4.78, 5) is 22.8. The van der Waals surface area contributed by atoms with Gasteiger partial charge >= 0.3 is 0 Å². The van der Waals surface area contributed by atoms with E-state index in [1.807, 2.05) is 43.2 Å². The van der Waals surface area contributed by atoms with Crippen molar-refractivity contribution in [2.75, 3.05) is 36.0 Å². The molecule has 0 bridgehead atoms. The Balaban J connectivity index is 0.000000140. The first-order valence-corrected chi connectivity index (χ1v) is 15.7. The molecule has 2 saturated heterocycles. The van der Waals surface area contributed by atoms with Crippen LogP contribution in [0.1, 0.15) is 38.5 Å². The largest absolute Gasteiger partial charge is 0.357 e. The quantitative estimate of drug-likeness (QED) is 0.222. The van der Waals surface area contributed by atoms with Gasteiger partial charge in [-0.3, -0.25) is 0 Å². The molecule has 8 heterocycles. The predicted octanol–water partition coefficient (Wildman–Crippen LogP) is 6.33. The van der Waals surface area contributed by atoms with E-state index in [0.29, 0.717) is 0 Å². The van der Waals surface area contributed by atoms with Crippen molar-refractivity contribution in [1.82, 2.24) is 39.2 Å². The number of hydrogen-bond acceptors (Lipinski definition) is 8. The Bertz CT molecular complexity index is 1800. The maximum atomic E-state index is 4.62. The topological polar surface area (TPSA) is 92.6 Å². The van der Waals surface area contributed by atoms with Gasteiger partial charge < -0.3 is 9.80 Å². The Morgan fingerprint density at radius 3 is 1.65 bits per heavy atom. The van der Waals surface area contributed by atoms with Crippen molar-refractivity contribution in [3.05, 3.63) is 84.4 Å². The molecule has 10 nitrogen and oxygen atoms in total. The van der Waals surface area contributed by atoms with Crippen molar-refractivity contribution in [2.24, 2.45) is 0 Å². The first-order valence-electron chi connectivity index (χ1n) is 14.9. The van der Waals surface area contributed by atoms with E-state index < -0.39 is 0 Å². The molecule has 2 aliphatic heterocycles. The molecule has 6 aromatic rings. The summed E-state index contributed by atoms with van der Waals surface area (Å²) in [6, 6.07) is 10.3. The highest BCUT2D eigenvalue weighted by Crippen LogP contribution is 2.25. The summed E-state index contributed by atoms with van der Waals surface area (Å²) in [6.45, 7) is 4.46. The van der Waals surface area contributed by atoms with Gasteiger partial charge in [-0.05, 0) is 78.7 Å². The van der Waals surface area contributed by atoms with Crippen molar-refractivity contribution < 1.29 is 0 Å². The van der Waals surface area contributed by atoms with Crippen LogP contribution in [0, 0.1) is 0 Å².